The monoisotopic (exact) mass is 131 g/mol. The van der Waals surface area contributed by atoms with E-state index in [9.17, 15) is 14.4 Å². The smallest absolute Gasteiger partial charge is 0.312 e. The Balaban J connectivity index is 3.50. The van der Waals surface area contributed by atoms with Gasteiger partial charge in [0.1, 0.15) is 6.42 Å². The summed E-state index contributed by atoms with van der Waals surface area (Å²) in [4.78, 5) is 29.3. The number of carboxylic acids is 1. The molecule has 5 nitrogen and oxygen atoms in total. The number of carbonyl (C=O) groups excluding carboxylic acids is 2. The van der Waals surface area contributed by atoms with Gasteiger partial charge in [0.05, 0.1) is 0 Å². The van der Waals surface area contributed by atoms with E-state index in [0.717, 1.165) is 0 Å². The van der Waals surface area contributed by atoms with Gasteiger partial charge >= 0.3 is 5.97 Å². The van der Waals surface area contributed by atoms with Crippen LogP contribution in [0.1, 0.15) is 6.42 Å². The summed E-state index contributed by atoms with van der Waals surface area (Å²) in [6.45, 7) is 0. The van der Waals surface area contributed by atoms with Crippen LogP contribution in [0.25, 0.3) is 0 Å². The molecule has 0 aliphatic rings. The van der Waals surface area contributed by atoms with Crippen LogP contribution in [-0.4, -0.2) is 23.4 Å². The van der Waals surface area contributed by atoms with Crippen LogP contribution in [-0.2, 0) is 14.4 Å². The van der Waals surface area contributed by atoms with Crippen LogP contribution in [0.2, 0.25) is 0 Å². The van der Waals surface area contributed by atoms with E-state index >= 15 is 0 Å². The standard InChI is InChI=1S/C4H5NO4/c6-2-5-3(7)1-4(8)9/h2H,1H2,(H,8,9)(H,5,6,7). The van der Waals surface area contributed by atoms with Gasteiger partial charge in [0, 0.05) is 0 Å². The molecule has 9 heavy (non-hydrogen) atoms. The number of carbonyl (C=O) groups is 3. The molecule has 0 aliphatic carbocycles. The molecule has 0 aromatic rings. The number of hydrogen-bond acceptors (Lipinski definition) is 3. The summed E-state index contributed by atoms with van der Waals surface area (Å²) < 4.78 is 0. The van der Waals surface area contributed by atoms with E-state index in [1.807, 2.05) is 0 Å². The molecule has 0 aromatic heterocycles. The highest BCUT2D eigenvalue weighted by Crippen LogP contribution is 1.75. The third kappa shape index (κ3) is 4.46. The van der Waals surface area contributed by atoms with Crippen LogP contribution in [0.3, 0.4) is 0 Å². The summed E-state index contributed by atoms with van der Waals surface area (Å²) in [5, 5.41) is 9.61. The average molecular weight is 131 g/mol. The summed E-state index contributed by atoms with van der Waals surface area (Å²) in [6, 6.07) is 0. The normalized spacial score (nSPS) is 8.00. The highest BCUT2D eigenvalue weighted by molar-refractivity contribution is 5.97. The SMILES string of the molecule is O=CNC(=O)CC(=O)O. The third-order valence-corrected chi connectivity index (χ3v) is 0.532. The molecule has 0 atom stereocenters. The molecule has 2 N–H and O–H groups in total. The lowest BCUT2D eigenvalue weighted by atomic mass is 10.4. The summed E-state index contributed by atoms with van der Waals surface area (Å²) in [7, 11) is 0. The van der Waals surface area contributed by atoms with Crippen molar-refractivity contribution < 1.29 is 19.5 Å². The van der Waals surface area contributed by atoms with Crippen molar-refractivity contribution >= 4 is 18.3 Å². The van der Waals surface area contributed by atoms with Crippen molar-refractivity contribution in [1.29, 1.82) is 0 Å². The molecular weight excluding hydrogens is 126 g/mol. The fourth-order valence-electron chi connectivity index (χ4n) is 0.254. The van der Waals surface area contributed by atoms with E-state index in [0.29, 0.717) is 0 Å². The molecule has 0 unspecified atom stereocenters. The third-order valence-electron chi connectivity index (χ3n) is 0.532. The van der Waals surface area contributed by atoms with Crippen LogP contribution in [0.4, 0.5) is 0 Å². The second-order valence-electron chi connectivity index (χ2n) is 1.26. The van der Waals surface area contributed by atoms with Gasteiger partial charge in [-0.05, 0) is 0 Å². The molecule has 0 spiro atoms. The fourth-order valence-corrected chi connectivity index (χ4v) is 0.254. The predicted molar refractivity (Wildman–Crippen MR) is 26.5 cm³/mol. The summed E-state index contributed by atoms with van der Waals surface area (Å²) in [6.07, 6.45) is -0.524. The summed E-state index contributed by atoms with van der Waals surface area (Å²) in [5.41, 5.74) is 0. The Bertz CT molecular complexity index is 142. The number of nitrogens with one attached hydrogen (secondary N) is 1. The van der Waals surface area contributed by atoms with E-state index in [2.05, 4.69) is 0 Å². The van der Waals surface area contributed by atoms with Gasteiger partial charge in [0.15, 0.2) is 0 Å². The second-order valence-corrected chi connectivity index (χ2v) is 1.26. The van der Waals surface area contributed by atoms with Gasteiger partial charge in [-0.3, -0.25) is 19.7 Å². The van der Waals surface area contributed by atoms with Gasteiger partial charge < -0.3 is 5.11 Å². The first-order valence-corrected chi connectivity index (χ1v) is 2.11. The Morgan fingerprint density at radius 2 is 2.11 bits per heavy atom. The largest absolute Gasteiger partial charge is 0.481 e. The first-order valence-electron chi connectivity index (χ1n) is 2.11. The fraction of sp³-hybridized carbons (Fsp3) is 0.250. The topological polar surface area (TPSA) is 83.5 Å². The first-order chi connectivity index (χ1) is 4.16. The number of aliphatic carboxylic acids is 1. The first kappa shape index (κ1) is 7.61. The van der Waals surface area contributed by atoms with Crippen molar-refractivity contribution in [3.63, 3.8) is 0 Å². The molecule has 2 amide bonds. The Morgan fingerprint density at radius 1 is 1.56 bits per heavy atom. The molecule has 50 valence electrons. The van der Waals surface area contributed by atoms with Crippen molar-refractivity contribution in [2.24, 2.45) is 0 Å². The van der Waals surface area contributed by atoms with Crippen molar-refractivity contribution in [2.45, 2.75) is 6.42 Å². The molecule has 0 heterocycles. The molecule has 0 fully saturated rings. The molecule has 0 aromatic carbocycles. The maximum Gasteiger partial charge on any atom is 0.312 e. The Kier molecular flexibility index (Phi) is 3.04. The van der Waals surface area contributed by atoms with E-state index in [4.69, 9.17) is 5.11 Å². The Morgan fingerprint density at radius 3 is 2.44 bits per heavy atom. The number of amides is 2. The zero-order valence-electron chi connectivity index (χ0n) is 4.46. The lowest BCUT2D eigenvalue weighted by Crippen LogP contribution is -2.23. The number of rotatable bonds is 3. The predicted octanol–water partition coefficient (Wildman–Crippen LogP) is -1.27. The minimum absolute atomic E-state index is 0.144. The van der Waals surface area contributed by atoms with E-state index in [-0.39, 0.29) is 6.41 Å². The van der Waals surface area contributed by atoms with Crippen molar-refractivity contribution in [3.05, 3.63) is 0 Å². The molecule has 0 saturated heterocycles. The van der Waals surface area contributed by atoms with Crippen LogP contribution < -0.4 is 5.32 Å². The van der Waals surface area contributed by atoms with Gasteiger partial charge in [-0.15, -0.1) is 0 Å². The minimum atomic E-state index is -1.26. The quantitative estimate of drug-likeness (QED) is 0.369. The van der Waals surface area contributed by atoms with Gasteiger partial charge in [-0.1, -0.05) is 0 Å². The molecule has 5 heteroatoms. The molecule has 0 bridgehead atoms. The number of hydrogen-bond donors (Lipinski definition) is 2. The van der Waals surface area contributed by atoms with Crippen molar-refractivity contribution in [2.75, 3.05) is 0 Å². The molecule has 0 radical (unpaired) electrons. The Hall–Kier alpha value is -1.39. The minimum Gasteiger partial charge on any atom is -0.481 e. The lowest BCUT2D eigenvalue weighted by Gasteiger charge is -1.89. The maximum absolute atomic E-state index is 10.1. The number of imide groups is 1. The molecule has 0 saturated carbocycles. The molecular formula is C4H5NO4. The van der Waals surface area contributed by atoms with Gasteiger partial charge in [0.2, 0.25) is 12.3 Å². The van der Waals surface area contributed by atoms with Crippen LogP contribution in [0.15, 0.2) is 0 Å². The summed E-state index contributed by atoms with van der Waals surface area (Å²) in [5.74, 6) is -2.06. The second kappa shape index (κ2) is 3.59. The average Bonchev–Trinajstić information content (AvgIpc) is 1.63. The zero-order valence-corrected chi connectivity index (χ0v) is 4.46. The Labute approximate surface area is 50.7 Å². The van der Waals surface area contributed by atoms with Gasteiger partial charge in [0.25, 0.3) is 0 Å². The highest BCUT2D eigenvalue weighted by atomic mass is 16.4. The van der Waals surface area contributed by atoms with Crippen molar-refractivity contribution in [1.82, 2.24) is 5.32 Å². The van der Waals surface area contributed by atoms with Crippen LogP contribution in [0, 0.1) is 0 Å². The summed E-state index contributed by atoms with van der Waals surface area (Å²) >= 11 is 0. The van der Waals surface area contributed by atoms with E-state index in [1.54, 1.807) is 5.32 Å². The van der Waals surface area contributed by atoms with Crippen LogP contribution in [0.5, 0.6) is 0 Å². The van der Waals surface area contributed by atoms with Gasteiger partial charge in [-0.25, -0.2) is 0 Å². The van der Waals surface area contributed by atoms with Gasteiger partial charge in [-0.2, -0.15) is 0 Å². The number of carboxylic acid groups (broad SMARTS) is 1. The zero-order chi connectivity index (χ0) is 7.28. The van der Waals surface area contributed by atoms with Crippen LogP contribution >= 0.6 is 0 Å². The highest BCUT2D eigenvalue weighted by Gasteiger charge is 2.04. The van der Waals surface area contributed by atoms with E-state index < -0.39 is 18.3 Å². The molecule has 0 rings (SSSR count). The maximum atomic E-state index is 10.1. The van der Waals surface area contributed by atoms with Crippen molar-refractivity contribution in [3.8, 4) is 0 Å². The van der Waals surface area contributed by atoms with E-state index in [1.165, 1.54) is 0 Å². The molecule has 0 aliphatic heterocycles. The lowest BCUT2D eigenvalue weighted by molar-refractivity contribution is -0.140.